The zero-order valence-electron chi connectivity index (χ0n) is 70.8. The summed E-state index contributed by atoms with van der Waals surface area (Å²) in [5.41, 5.74) is 36.8. The van der Waals surface area contributed by atoms with Gasteiger partial charge in [-0.15, -0.1) is 0 Å². The smallest absolute Gasteiger partial charge is 0.201 e. The van der Waals surface area contributed by atoms with E-state index >= 15 is 0 Å². The highest BCUT2D eigenvalue weighted by Crippen LogP contribution is 2.34. The summed E-state index contributed by atoms with van der Waals surface area (Å²) in [4.78, 5) is 0. The number of aryl methyl sites for hydroxylation is 17. The first-order chi connectivity index (χ1) is 54.0. The van der Waals surface area contributed by atoms with E-state index in [-0.39, 0.29) is 0 Å². The van der Waals surface area contributed by atoms with Crippen molar-refractivity contribution >= 4 is 0 Å². The summed E-state index contributed by atoms with van der Waals surface area (Å²) in [5, 5.41) is 0. The van der Waals surface area contributed by atoms with Crippen molar-refractivity contribution in [3.8, 4) is 112 Å². The van der Waals surface area contributed by atoms with Gasteiger partial charge in [0.1, 0.15) is 35.2 Å². The summed E-state index contributed by atoms with van der Waals surface area (Å²) in [6.07, 6.45) is 10.6. The molecule has 107 heavy (non-hydrogen) atoms. The van der Waals surface area contributed by atoms with Crippen LogP contribution in [-0.4, -0.2) is 0 Å². The van der Waals surface area contributed by atoms with E-state index in [1.54, 1.807) is 18.3 Å². The van der Waals surface area contributed by atoms with Crippen LogP contribution in [-0.2, 0) is 35.2 Å². The third kappa shape index (κ3) is 18.5. The Bertz CT molecular complexity index is 5680. The number of benzene rings is 10. The molecular formula is C102H104N5+5. The fourth-order valence-corrected chi connectivity index (χ4v) is 14.2. The Balaban J connectivity index is 0.000000140. The molecule has 0 unspecified atom stereocenters. The highest BCUT2D eigenvalue weighted by Gasteiger charge is 2.22. The Morgan fingerprint density at radius 2 is 0.411 bits per heavy atom. The van der Waals surface area contributed by atoms with E-state index < -0.39 is 13.7 Å². The second-order valence-corrected chi connectivity index (χ2v) is 28.2. The average molecular weight is 1410 g/mol. The van der Waals surface area contributed by atoms with Crippen LogP contribution in [0, 0.1) is 82.9 Å². The standard InChI is InChI=1S/2C21H22N.3C20H20N/c2*1-15-10-11-19(16(2)12-15)21-13-17(3)20(14-22(21)4)18-8-6-5-7-9-18;1-15-9-7-8-12-18(15)20-13-19(16(2)14-21(20)3)17-10-5-4-6-11-17;2*1-15-9-7-8-12-18(15)20-13-16(2)19(14-21(20)3)17-10-5-4-6-11-17/h2*5-14H,1-4H3;3*4-14H,1-3H3/q5*+1/i1D3;;2D3;;. The van der Waals surface area contributed by atoms with Crippen LogP contribution in [0.1, 0.15) is 75.0 Å². The zero-order chi connectivity index (χ0) is 80.8. The van der Waals surface area contributed by atoms with Crippen LogP contribution in [0.25, 0.3) is 112 Å². The minimum atomic E-state index is -2.16. The molecule has 0 amide bonds. The molecule has 10 aromatic carbocycles. The summed E-state index contributed by atoms with van der Waals surface area (Å²) < 4.78 is 57.1. The lowest BCUT2D eigenvalue weighted by Gasteiger charge is -2.10. The first-order valence-electron chi connectivity index (χ1n) is 39.7. The van der Waals surface area contributed by atoms with Crippen molar-refractivity contribution in [1.29, 1.82) is 0 Å². The maximum absolute atomic E-state index is 7.90. The largest absolute Gasteiger partial charge is 0.213 e. The van der Waals surface area contributed by atoms with E-state index in [1.807, 2.05) is 98.4 Å². The van der Waals surface area contributed by atoms with Crippen LogP contribution in [0.3, 0.4) is 0 Å². The Hall–Kier alpha value is -12.1. The second kappa shape index (κ2) is 35.2. The summed E-state index contributed by atoms with van der Waals surface area (Å²) >= 11 is 0. The Morgan fingerprint density at radius 1 is 0.178 bits per heavy atom. The predicted molar refractivity (Wildman–Crippen MR) is 449 cm³/mol. The number of rotatable bonds is 10. The normalized spacial score (nSPS) is 11.7. The van der Waals surface area contributed by atoms with Crippen molar-refractivity contribution in [3.05, 3.63) is 389 Å². The molecule has 0 saturated heterocycles. The molecule has 15 aromatic rings. The van der Waals surface area contributed by atoms with Crippen molar-refractivity contribution in [2.24, 2.45) is 35.2 Å². The van der Waals surface area contributed by atoms with Gasteiger partial charge in [-0.05, 0) is 197 Å². The van der Waals surface area contributed by atoms with Crippen molar-refractivity contribution in [1.82, 2.24) is 0 Å². The molecule has 532 valence electrons. The predicted octanol–water partition coefficient (Wildman–Crippen LogP) is 22.9. The minimum Gasteiger partial charge on any atom is -0.201 e. The van der Waals surface area contributed by atoms with E-state index in [4.69, 9.17) is 8.22 Å². The second-order valence-electron chi connectivity index (χ2n) is 28.2. The summed E-state index contributed by atoms with van der Waals surface area (Å²) in [5.74, 6) is 0. The number of hydrogen-bond acceptors (Lipinski definition) is 0. The molecule has 0 bridgehead atoms. The first kappa shape index (κ1) is 68.1. The quantitative estimate of drug-likeness (QED) is 0.122. The molecular weight excluding hydrogens is 1300 g/mol. The molecule has 0 atom stereocenters. The van der Waals surface area contributed by atoms with Crippen LogP contribution < -0.4 is 22.8 Å². The molecule has 0 aliphatic heterocycles. The number of aromatic nitrogens is 5. The van der Waals surface area contributed by atoms with Gasteiger partial charge in [-0.2, -0.15) is 0 Å². The van der Waals surface area contributed by atoms with Crippen LogP contribution >= 0.6 is 0 Å². The Labute approximate surface area is 646 Å². The summed E-state index contributed by atoms with van der Waals surface area (Å²) in [6.45, 7) is 17.1. The van der Waals surface area contributed by atoms with Gasteiger partial charge in [0.15, 0.2) is 31.0 Å². The number of pyridine rings is 5. The van der Waals surface area contributed by atoms with Gasteiger partial charge in [0, 0.05) is 94.2 Å². The average Bonchev–Trinajstić information content (AvgIpc) is 0.802. The van der Waals surface area contributed by atoms with Crippen LogP contribution in [0.15, 0.2) is 322 Å². The highest BCUT2D eigenvalue weighted by molar-refractivity contribution is 5.76. The topological polar surface area (TPSA) is 19.4 Å². The van der Waals surface area contributed by atoms with Gasteiger partial charge in [-0.3, -0.25) is 0 Å². The SMILES string of the molecule is Cc1cc(-c2ccccc2C)[n+](C)cc1-c1ccccc1.Cc1cc(-c2ccccc2C)[n+](C)cc1-c1ccccc1.Cc1ccc(-c2cc(C)c(-c3ccccc3)c[n+]2C)c(C)c1.[2H]C([2H])([2H])c1c[n+](C)c(-c2ccccc2C)cc1-c1ccccc1.[2H]C([2H])([2H])c1ccc(-c2cc(C)c(-c3ccccc3)c[n+]2C)c(C)c1. The van der Waals surface area contributed by atoms with Gasteiger partial charge in [0.25, 0.3) is 0 Å². The van der Waals surface area contributed by atoms with Crippen LogP contribution in [0.2, 0.25) is 0 Å². The van der Waals surface area contributed by atoms with E-state index in [2.05, 4.69) is 333 Å². The molecule has 0 saturated carbocycles. The van der Waals surface area contributed by atoms with Gasteiger partial charge in [0.05, 0.1) is 0 Å². The Kier molecular flexibility index (Phi) is 22.4. The Morgan fingerprint density at radius 3 is 0.692 bits per heavy atom. The molecule has 0 fully saturated rings. The van der Waals surface area contributed by atoms with Crippen LogP contribution in [0.4, 0.5) is 0 Å². The molecule has 15 rings (SSSR count). The molecule has 0 aliphatic carbocycles. The van der Waals surface area contributed by atoms with Crippen molar-refractivity contribution in [2.45, 2.75) is 82.9 Å². The maximum atomic E-state index is 7.90. The molecule has 5 heteroatoms. The van der Waals surface area contributed by atoms with Gasteiger partial charge in [0.2, 0.25) is 28.5 Å². The van der Waals surface area contributed by atoms with Gasteiger partial charge >= 0.3 is 0 Å². The molecule has 5 nitrogen and oxygen atoms in total. The van der Waals surface area contributed by atoms with Crippen molar-refractivity contribution < 1.29 is 31.1 Å². The van der Waals surface area contributed by atoms with E-state index in [1.165, 1.54) is 123 Å². The third-order valence-electron chi connectivity index (χ3n) is 20.0. The molecule has 5 aromatic heterocycles. The van der Waals surface area contributed by atoms with E-state index in [9.17, 15) is 0 Å². The maximum Gasteiger partial charge on any atom is 0.213 e. The number of nitrogens with zero attached hydrogens (tertiary/aromatic N) is 5. The fraction of sp³-hybridized carbons (Fsp3) is 0.167. The third-order valence-corrected chi connectivity index (χ3v) is 20.0. The molecule has 5 heterocycles. The highest BCUT2D eigenvalue weighted by atomic mass is 14.9. The summed E-state index contributed by atoms with van der Waals surface area (Å²) in [6, 6.07) is 100.0. The van der Waals surface area contributed by atoms with Gasteiger partial charge in [-0.25, -0.2) is 22.8 Å². The molecule has 0 aliphatic rings. The van der Waals surface area contributed by atoms with Crippen molar-refractivity contribution in [3.63, 3.8) is 0 Å². The summed E-state index contributed by atoms with van der Waals surface area (Å²) in [7, 11) is 10.3. The molecule has 0 N–H and O–H groups in total. The number of hydrogen-bond donors (Lipinski definition) is 0. The van der Waals surface area contributed by atoms with Crippen LogP contribution in [0.5, 0.6) is 0 Å². The van der Waals surface area contributed by atoms with Gasteiger partial charge < -0.3 is 0 Å². The molecule has 0 spiro atoms. The van der Waals surface area contributed by atoms with E-state index in [0.717, 1.165) is 44.8 Å². The minimum absolute atomic E-state index is 0.369. The lowest BCUT2D eigenvalue weighted by molar-refractivity contribution is -0.660. The fourth-order valence-electron chi connectivity index (χ4n) is 14.2. The van der Waals surface area contributed by atoms with Crippen molar-refractivity contribution in [2.75, 3.05) is 0 Å². The zero-order valence-corrected chi connectivity index (χ0v) is 64.8. The monoisotopic (exact) mass is 1400 g/mol. The lowest BCUT2D eigenvalue weighted by Crippen LogP contribution is -2.31. The van der Waals surface area contributed by atoms with E-state index in [0.29, 0.717) is 11.1 Å². The molecule has 0 radical (unpaired) electrons. The van der Waals surface area contributed by atoms with Gasteiger partial charge in [-0.1, -0.05) is 242 Å². The first-order valence-corrected chi connectivity index (χ1v) is 36.7. The lowest BCUT2D eigenvalue weighted by atomic mass is 9.97.